The molecule has 2 aromatic carbocycles. The van der Waals surface area contributed by atoms with Crippen molar-refractivity contribution in [1.82, 2.24) is 4.31 Å². The number of amides is 1. The fourth-order valence-corrected chi connectivity index (χ4v) is 5.61. The quantitative estimate of drug-likeness (QED) is 0.786. The van der Waals surface area contributed by atoms with Gasteiger partial charge in [0.15, 0.2) is 11.5 Å². The maximum atomic E-state index is 13.1. The molecule has 3 aliphatic rings. The van der Waals surface area contributed by atoms with E-state index >= 15 is 0 Å². The average molecular weight is 400 g/mol. The fourth-order valence-electron chi connectivity index (χ4n) is 3.96. The fraction of sp³-hybridized carbons (Fsp3) is 0.350. The van der Waals surface area contributed by atoms with Crippen molar-refractivity contribution >= 4 is 21.6 Å². The summed E-state index contributed by atoms with van der Waals surface area (Å²) in [7, 11) is -3.79. The highest BCUT2D eigenvalue weighted by atomic mass is 32.2. The monoisotopic (exact) mass is 400 g/mol. The second-order valence-electron chi connectivity index (χ2n) is 7.09. The van der Waals surface area contributed by atoms with Gasteiger partial charge in [0.25, 0.3) is 0 Å². The van der Waals surface area contributed by atoms with Crippen LogP contribution in [0, 0.1) is 0 Å². The summed E-state index contributed by atoms with van der Waals surface area (Å²) >= 11 is 0. The van der Waals surface area contributed by atoms with Crippen LogP contribution < -0.4 is 14.4 Å². The van der Waals surface area contributed by atoms with Crippen LogP contribution in [-0.4, -0.2) is 51.0 Å². The van der Waals surface area contributed by atoms with E-state index in [4.69, 9.17) is 9.47 Å². The topological polar surface area (TPSA) is 76.2 Å². The predicted octanol–water partition coefficient (Wildman–Crippen LogP) is 1.81. The minimum absolute atomic E-state index is 0.121. The third-order valence-corrected chi connectivity index (χ3v) is 7.43. The van der Waals surface area contributed by atoms with Crippen LogP contribution in [0.15, 0.2) is 47.4 Å². The molecule has 1 saturated heterocycles. The Kier molecular flexibility index (Phi) is 4.06. The van der Waals surface area contributed by atoms with Crippen LogP contribution in [0.4, 0.5) is 5.69 Å². The van der Waals surface area contributed by atoms with Gasteiger partial charge in [0.05, 0.1) is 4.90 Å². The van der Waals surface area contributed by atoms with E-state index in [9.17, 15) is 13.2 Å². The maximum absolute atomic E-state index is 13.1. The minimum atomic E-state index is -3.79. The van der Waals surface area contributed by atoms with Crippen molar-refractivity contribution in [2.24, 2.45) is 0 Å². The van der Waals surface area contributed by atoms with Gasteiger partial charge in [0, 0.05) is 24.8 Å². The van der Waals surface area contributed by atoms with Crippen LogP contribution in [0.2, 0.25) is 0 Å². The summed E-state index contributed by atoms with van der Waals surface area (Å²) in [6, 6.07) is 11.7. The number of para-hydroxylation sites is 1. The molecule has 0 unspecified atom stereocenters. The van der Waals surface area contributed by atoms with Crippen LogP contribution in [0.5, 0.6) is 11.5 Å². The number of nitrogens with zero attached hydrogens (tertiary/aromatic N) is 2. The number of sulfonamides is 1. The molecule has 0 radical (unpaired) electrons. The van der Waals surface area contributed by atoms with Gasteiger partial charge in [-0.05, 0) is 36.6 Å². The van der Waals surface area contributed by atoms with Crippen molar-refractivity contribution in [2.45, 2.75) is 23.8 Å². The Morgan fingerprint density at radius 1 is 1.00 bits per heavy atom. The first-order chi connectivity index (χ1) is 13.6. The van der Waals surface area contributed by atoms with Crippen LogP contribution >= 0.6 is 0 Å². The number of carbonyl (C=O) groups excluding carboxylic acids is 1. The summed E-state index contributed by atoms with van der Waals surface area (Å²) in [5.41, 5.74) is 2.01. The number of ether oxygens (including phenoxy) is 2. The molecule has 1 atom stereocenters. The van der Waals surface area contributed by atoms with E-state index in [1.54, 1.807) is 11.0 Å². The molecule has 5 rings (SSSR count). The summed E-state index contributed by atoms with van der Waals surface area (Å²) in [5.74, 6) is 0.802. The van der Waals surface area contributed by atoms with E-state index in [2.05, 4.69) is 0 Å². The van der Waals surface area contributed by atoms with Gasteiger partial charge in [-0.2, -0.15) is 4.31 Å². The van der Waals surface area contributed by atoms with Gasteiger partial charge in [0.1, 0.15) is 19.3 Å². The molecule has 2 aromatic rings. The number of benzene rings is 2. The molecule has 3 aliphatic heterocycles. The van der Waals surface area contributed by atoms with E-state index < -0.39 is 16.1 Å². The lowest BCUT2D eigenvalue weighted by Gasteiger charge is -2.40. The number of fused-ring (bicyclic) bond motifs is 2. The lowest BCUT2D eigenvalue weighted by molar-refractivity contribution is -0.124. The molecule has 0 bridgehead atoms. The number of hydrogen-bond donors (Lipinski definition) is 0. The first-order valence-electron chi connectivity index (χ1n) is 9.36. The smallest absolute Gasteiger partial charge is 0.245 e. The molecule has 0 N–H and O–H groups in total. The zero-order chi connectivity index (χ0) is 19.3. The number of carbonyl (C=O) groups is 1. The zero-order valence-electron chi connectivity index (χ0n) is 15.2. The Morgan fingerprint density at radius 2 is 1.79 bits per heavy atom. The minimum Gasteiger partial charge on any atom is -0.486 e. The molecule has 0 saturated carbocycles. The summed E-state index contributed by atoms with van der Waals surface area (Å²) < 4.78 is 38.5. The van der Waals surface area contributed by atoms with E-state index in [-0.39, 0.29) is 10.8 Å². The summed E-state index contributed by atoms with van der Waals surface area (Å²) in [6.45, 7) is 1.75. The lowest BCUT2D eigenvalue weighted by Crippen LogP contribution is -2.58. The van der Waals surface area contributed by atoms with Crippen molar-refractivity contribution in [1.29, 1.82) is 0 Å². The van der Waals surface area contributed by atoms with Crippen LogP contribution in [0.25, 0.3) is 0 Å². The maximum Gasteiger partial charge on any atom is 0.245 e. The van der Waals surface area contributed by atoms with Crippen LogP contribution in [-0.2, 0) is 21.2 Å². The van der Waals surface area contributed by atoms with Gasteiger partial charge < -0.3 is 14.4 Å². The van der Waals surface area contributed by atoms with Crippen molar-refractivity contribution < 1.29 is 22.7 Å². The summed E-state index contributed by atoms with van der Waals surface area (Å²) in [6.07, 6.45) is 1.32. The summed E-state index contributed by atoms with van der Waals surface area (Å²) in [5, 5.41) is 0. The number of hydrogen-bond acceptors (Lipinski definition) is 5. The van der Waals surface area contributed by atoms with Gasteiger partial charge in [-0.1, -0.05) is 18.2 Å². The van der Waals surface area contributed by atoms with Gasteiger partial charge in [-0.3, -0.25) is 4.79 Å². The third-order valence-electron chi connectivity index (χ3n) is 5.53. The number of anilines is 1. The summed E-state index contributed by atoms with van der Waals surface area (Å²) in [4.78, 5) is 14.9. The van der Waals surface area contributed by atoms with Crippen molar-refractivity contribution in [2.75, 3.05) is 31.2 Å². The van der Waals surface area contributed by atoms with Gasteiger partial charge in [0.2, 0.25) is 15.9 Å². The standard InChI is InChI=1S/C20H20N2O5S/c23-20(21-9-7-14-3-1-2-4-16(14)21)17-8-10-22(17)28(24,25)15-5-6-18-19(13-15)27-12-11-26-18/h1-6,13,17H,7-12H2/t17-/m1/s1. The molecular weight excluding hydrogens is 380 g/mol. The predicted molar refractivity (Wildman–Crippen MR) is 102 cm³/mol. The molecule has 0 spiro atoms. The Labute approximate surface area is 163 Å². The normalized spacial score (nSPS) is 21.1. The van der Waals surface area contributed by atoms with Crippen LogP contribution in [0.1, 0.15) is 12.0 Å². The lowest BCUT2D eigenvalue weighted by atomic mass is 10.1. The highest BCUT2D eigenvalue weighted by molar-refractivity contribution is 7.89. The van der Waals surface area contributed by atoms with Crippen molar-refractivity contribution in [3.05, 3.63) is 48.0 Å². The molecule has 0 aliphatic carbocycles. The van der Waals surface area contributed by atoms with Gasteiger partial charge >= 0.3 is 0 Å². The second kappa shape index (κ2) is 6.49. The van der Waals surface area contributed by atoms with E-state index in [0.29, 0.717) is 44.2 Å². The third kappa shape index (κ3) is 2.67. The molecule has 146 valence electrons. The second-order valence-corrected chi connectivity index (χ2v) is 8.98. The van der Waals surface area contributed by atoms with Crippen molar-refractivity contribution in [3.8, 4) is 11.5 Å². The average Bonchev–Trinajstić information content (AvgIpc) is 3.10. The highest BCUT2D eigenvalue weighted by Gasteiger charge is 2.45. The molecule has 1 amide bonds. The Hall–Kier alpha value is -2.58. The molecule has 1 fully saturated rings. The SMILES string of the molecule is O=C([C@H]1CCN1S(=O)(=O)c1ccc2c(c1)OCCO2)N1CCc2ccccc21. The van der Waals surface area contributed by atoms with Crippen LogP contribution in [0.3, 0.4) is 0 Å². The van der Waals surface area contributed by atoms with Gasteiger partial charge in [-0.25, -0.2) is 8.42 Å². The largest absolute Gasteiger partial charge is 0.486 e. The molecule has 7 nitrogen and oxygen atoms in total. The van der Waals surface area contributed by atoms with E-state index in [1.807, 2.05) is 24.3 Å². The molecule has 3 heterocycles. The number of rotatable bonds is 3. The Bertz CT molecular complexity index is 1050. The molecule has 8 heteroatoms. The molecule has 28 heavy (non-hydrogen) atoms. The van der Waals surface area contributed by atoms with Gasteiger partial charge in [-0.15, -0.1) is 0 Å². The zero-order valence-corrected chi connectivity index (χ0v) is 16.0. The van der Waals surface area contributed by atoms with E-state index in [0.717, 1.165) is 17.7 Å². The van der Waals surface area contributed by atoms with E-state index in [1.165, 1.54) is 16.4 Å². The molecule has 0 aromatic heterocycles. The first kappa shape index (κ1) is 17.5. The molecular formula is C20H20N2O5S. The Morgan fingerprint density at radius 3 is 2.57 bits per heavy atom. The highest BCUT2D eigenvalue weighted by Crippen LogP contribution is 2.36. The Balaban J connectivity index is 1.40. The first-order valence-corrected chi connectivity index (χ1v) is 10.8. The van der Waals surface area contributed by atoms with Crippen molar-refractivity contribution in [3.63, 3.8) is 0 Å².